The molecule has 1 amide bonds. The molecule has 0 aliphatic heterocycles. The Hall–Kier alpha value is -3.37. The van der Waals surface area contributed by atoms with Gasteiger partial charge in [-0.1, -0.05) is 48.0 Å². The maximum absolute atomic E-state index is 12.8. The lowest BCUT2D eigenvalue weighted by Gasteiger charge is -2.09. The van der Waals surface area contributed by atoms with Crippen molar-refractivity contribution in [2.24, 2.45) is 0 Å². The van der Waals surface area contributed by atoms with Gasteiger partial charge in [-0.3, -0.25) is 14.9 Å². The van der Waals surface area contributed by atoms with Gasteiger partial charge < -0.3 is 5.32 Å². The molecule has 0 fully saturated rings. The molecule has 0 atom stereocenters. The summed E-state index contributed by atoms with van der Waals surface area (Å²) in [6.07, 6.45) is 1.01. The Balaban J connectivity index is 1.93. The molecule has 0 radical (unpaired) electrons. The van der Waals surface area contributed by atoms with Crippen molar-refractivity contribution < 1.29 is 18.1 Å². The summed E-state index contributed by atoms with van der Waals surface area (Å²) in [6.45, 7) is 1.78. The van der Waals surface area contributed by atoms with E-state index in [9.17, 15) is 23.3 Å². The third-order valence-electron chi connectivity index (χ3n) is 4.17. The fourth-order valence-electron chi connectivity index (χ4n) is 2.62. The molecule has 3 aromatic rings. The van der Waals surface area contributed by atoms with Gasteiger partial charge in [-0.25, -0.2) is 18.4 Å². The van der Waals surface area contributed by atoms with Gasteiger partial charge in [0.2, 0.25) is 15.0 Å². The minimum atomic E-state index is -3.97. The van der Waals surface area contributed by atoms with E-state index in [1.165, 1.54) is 24.3 Å². The second-order valence-corrected chi connectivity index (χ2v) is 8.55. The number of carbonyl (C=O) groups is 1. The molecule has 154 valence electrons. The first-order valence-electron chi connectivity index (χ1n) is 8.53. The van der Waals surface area contributed by atoms with Gasteiger partial charge in [0, 0.05) is 6.07 Å². The van der Waals surface area contributed by atoms with Gasteiger partial charge in [0.1, 0.15) is 5.69 Å². The maximum Gasteiger partial charge on any atom is 0.292 e. The number of hydrogen-bond acceptors (Lipinski definition) is 7. The van der Waals surface area contributed by atoms with Crippen LogP contribution < -0.4 is 5.32 Å². The third kappa shape index (κ3) is 4.61. The van der Waals surface area contributed by atoms with Crippen LogP contribution in [-0.4, -0.2) is 29.2 Å². The molecule has 0 aliphatic carbocycles. The average Bonchev–Trinajstić information content (AvgIpc) is 2.70. The van der Waals surface area contributed by atoms with Crippen molar-refractivity contribution >= 4 is 38.7 Å². The molecule has 0 aliphatic rings. The number of rotatable bonds is 6. The predicted molar refractivity (Wildman–Crippen MR) is 110 cm³/mol. The van der Waals surface area contributed by atoms with E-state index in [-0.39, 0.29) is 22.2 Å². The molecule has 2 aromatic carbocycles. The van der Waals surface area contributed by atoms with E-state index in [0.29, 0.717) is 5.56 Å². The summed E-state index contributed by atoms with van der Waals surface area (Å²) in [4.78, 5) is 30.6. The highest BCUT2D eigenvalue weighted by molar-refractivity contribution is 7.90. The monoisotopic (exact) mass is 446 g/mol. The van der Waals surface area contributed by atoms with Gasteiger partial charge in [0.25, 0.3) is 11.6 Å². The summed E-state index contributed by atoms with van der Waals surface area (Å²) >= 11 is 5.98. The number of benzene rings is 2. The van der Waals surface area contributed by atoms with Crippen molar-refractivity contribution in [2.45, 2.75) is 17.8 Å². The molecule has 0 spiro atoms. The van der Waals surface area contributed by atoms with Crippen molar-refractivity contribution in [3.8, 4) is 0 Å². The summed E-state index contributed by atoms with van der Waals surface area (Å²) in [6, 6.07) is 12.5. The first kappa shape index (κ1) is 21.3. The van der Waals surface area contributed by atoms with E-state index in [0.717, 1.165) is 11.8 Å². The highest BCUT2D eigenvalue weighted by atomic mass is 35.5. The summed E-state index contributed by atoms with van der Waals surface area (Å²) in [5.41, 5.74) is 0.537. The van der Waals surface area contributed by atoms with E-state index < -0.39 is 31.5 Å². The number of halogens is 1. The third-order valence-corrected chi connectivity index (χ3v) is 5.89. The summed E-state index contributed by atoms with van der Waals surface area (Å²) in [5, 5.41) is 12.7. The molecule has 3 rings (SSSR count). The zero-order valence-electron chi connectivity index (χ0n) is 15.6. The number of nitrogens with zero attached hydrogens (tertiary/aromatic N) is 3. The topological polar surface area (TPSA) is 132 Å². The molecule has 0 unspecified atom stereocenters. The van der Waals surface area contributed by atoms with Crippen molar-refractivity contribution in [3.05, 3.63) is 86.7 Å². The SMILES string of the molecule is Cc1ccccc1CS(=O)(=O)c1ncc(Cl)c(C(=O)Nc2ccccc2[N+](=O)[O-])n1. The van der Waals surface area contributed by atoms with Gasteiger partial charge in [0.15, 0.2) is 5.69 Å². The second kappa shape index (κ2) is 8.56. The number of amides is 1. The van der Waals surface area contributed by atoms with Crippen LogP contribution in [0.4, 0.5) is 11.4 Å². The minimum Gasteiger partial charge on any atom is -0.315 e. The van der Waals surface area contributed by atoms with Crippen LogP contribution in [0.2, 0.25) is 5.02 Å². The van der Waals surface area contributed by atoms with Crippen LogP contribution in [0.3, 0.4) is 0 Å². The Labute approximate surface area is 176 Å². The van der Waals surface area contributed by atoms with Crippen LogP contribution in [0.1, 0.15) is 21.6 Å². The quantitative estimate of drug-likeness (QED) is 0.347. The standard InChI is InChI=1S/C19H15ClN4O5S/c1-12-6-2-3-7-13(12)11-30(28,29)19-21-10-14(20)17(23-19)18(25)22-15-8-4-5-9-16(15)24(26)27/h2-10H,11H2,1H3,(H,22,25). The van der Waals surface area contributed by atoms with Gasteiger partial charge in [-0.15, -0.1) is 0 Å². The lowest BCUT2D eigenvalue weighted by molar-refractivity contribution is -0.383. The normalized spacial score (nSPS) is 11.1. The van der Waals surface area contributed by atoms with E-state index in [1.807, 2.05) is 0 Å². The second-order valence-electron chi connectivity index (χ2n) is 6.26. The summed E-state index contributed by atoms with van der Waals surface area (Å²) in [5.74, 6) is -1.25. The van der Waals surface area contributed by atoms with E-state index in [1.54, 1.807) is 31.2 Å². The number of para-hydroxylation sites is 2. The number of sulfone groups is 1. The minimum absolute atomic E-state index is 0.0773. The van der Waals surface area contributed by atoms with Crippen LogP contribution in [-0.2, 0) is 15.6 Å². The Morgan fingerprint density at radius 2 is 1.83 bits per heavy atom. The number of aryl methyl sites for hydroxylation is 1. The highest BCUT2D eigenvalue weighted by Crippen LogP contribution is 2.25. The first-order valence-corrected chi connectivity index (χ1v) is 10.6. The fraction of sp³-hybridized carbons (Fsp3) is 0.105. The van der Waals surface area contributed by atoms with Gasteiger partial charge in [-0.05, 0) is 24.1 Å². The molecule has 1 N–H and O–H groups in total. The van der Waals surface area contributed by atoms with Crippen LogP contribution in [0.25, 0.3) is 0 Å². The Morgan fingerprint density at radius 3 is 2.53 bits per heavy atom. The van der Waals surface area contributed by atoms with Crippen molar-refractivity contribution in [1.82, 2.24) is 9.97 Å². The number of hydrogen-bond donors (Lipinski definition) is 1. The number of nitro benzene ring substituents is 1. The van der Waals surface area contributed by atoms with Gasteiger partial charge in [0.05, 0.1) is 21.9 Å². The maximum atomic E-state index is 12.8. The molecule has 0 bridgehead atoms. The van der Waals surface area contributed by atoms with Gasteiger partial charge in [-0.2, -0.15) is 0 Å². The molecule has 0 saturated carbocycles. The average molecular weight is 447 g/mol. The Bertz CT molecular complexity index is 1250. The Morgan fingerprint density at radius 1 is 1.17 bits per heavy atom. The number of nitro groups is 1. The predicted octanol–water partition coefficient (Wildman–Crippen LogP) is 3.57. The molecule has 30 heavy (non-hydrogen) atoms. The fourth-order valence-corrected chi connectivity index (χ4v) is 4.10. The molecule has 1 heterocycles. The zero-order valence-corrected chi connectivity index (χ0v) is 17.1. The van der Waals surface area contributed by atoms with E-state index in [2.05, 4.69) is 15.3 Å². The van der Waals surface area contributed by atoms with Crippen LogP contribution >= 0.6 is 11.6 Å². The molecular formula is C19H15ClN4O5S. The number of carbonyl (C=O) groups excluding carboxylic acids is 1. The van der Waals surface area contributed by atoms with E-state index >= 15 is 0 Å². The zero-order chi connectivity index (χ0) is 21.9. The lowest BCUT2D eigenvalue weighted by atomic mass is 10.1. The Kier molecular flexibility index (Phi) is 6.09. The first-order chi connectivity index (χ1) is 14.2. The number of anilines is 1. The van der Waals surface area contributed by atoms with Crippen molar-refractivity contribution in [3.63, 3.8) is 0 Å². The molecule has 11 heteroatoms. The lowest BCUT2D eigenvalue weighted by Crippen LogP contribution is -2.18. The molecular weight excluding hydrogens is 432 g/mol. The smallest absolute Gasteiger partial charge is 0.292 e. The van der Waals surface area contributed by atoms with Crippen LogP contribution in [0.5, 0.6) is 0 Å². The van der Waals surface area contributed by atoms with E-state index in [4.69, 9.17) is 11.6 Å². The highest BCUT2D eigenvalue weighted by Gasteiger charge is 2.24. The van der Waals surface area contributed by atoms with Crippen molar-refractivity contribution in [1.29, 1.82) is 0 Å². The number of nitrogens with one attached hydrogen (secondary N) is 1. The van der Waals surface area contributed by atoms with Crippen LogP contribution in [0, 0.1) is 17.0 Å². The van der Waals surface area contributed by atoms with Gasteiger partial charge >= 0.3 is 0 Å². The largest absolute Gasteiger partial charge is 0.315 e. The summed E-state index contributed by atoms with van der Waals surface area (Å²) < 4.78 is 25.5. The number of aromatic nitrogens is 2. The van der Waals surface area contributed by atoms with Crippen LogP contribution in [0.15, 0.2) is 59.9 Å². The van der Waals surface area contributed by atoms with Crippen molar-refractivity contribution in [2.75, 3.05) is 5.32 Å². The molecule has 0 saturated heterocycles. The molecule has 1 aromatic heterocycles. The summed E-state index contributed by atoms with van der Waals surface area (Å²) in [7, 11) is -3.97. The molecule has 9 nitrogen and oxygen atoms in total.